The number of hydrogen-bond donors (Lipinski definition) is 2. The molecule has 6 heteroatoms. The summed E-state index contributed by atoms with van der Waals surface area (Å²) in [5.74, 6) is -1.62. The van der Waals surface area contributed by atoms with Crippen LogP contribution in [0.1, 0.15) is 13.3 Å². The molecule has 0 saturated heterocycles. The average molecular weight is 254 g/mol. The van der Waals surface area contributed by atoms with Crippen molar-refractivity contribution in [2.75, 3.05) is 6.61 Å². The highest BCUT2D eigenvalue weighted by atomic mass is 79.9. The molecule has 3 N–H and O–H groups in total. The molecule has 5 nitrogen and oxygen atoms in total. The number of ether oxygens (including phenoxy) is 1. The van der Waals surface area contributed by atoms with Crippen LogP contribution in [0.5, 0.6) is 0 Å². The molecule has 0 aromatic carbocycles. The highest BCUT2D eigenvalue weighted by Gasteiger charge is 2.22. The Labute approximate surface area is 84.4 Å². The first-order valence-corrected chi connectivity index (χ1v) is 4.69. The first-order chi connectivity index (χ1) is 5.99. The fourth-order valence-electron chi connectivity index (χ4n) is 0.669. The minimum Gasteiger partial charge on any atom is -0.480 e. The zero-order valence-electron chi connectivity index (χ0n) is 7.20. The van der Waals surface area contributed by atoms with Crippen LogP contribution < -0.4 is 5.73 Å². The molecule has 76 valence electrons. The monoisotopic (exact) mass is 253 g/mol. The van der Waals surface area contributed by atoms with Crippen molar-refractivity contribution in [1.29, 1.82) is 0 Å². The van der Waals surface area contributed by atoms with Crippen molar-refractivity contribution >= 4 is 27.9 Å². The topological polar surface area (TPSA) is 89.6 Å². The number of carboxylic acids is 1. The van der Waals surface area contributed by atoms with Gasteiger partial charge in [0.05, 0.1) is 6.61 Å². The van der Waals surface area contributed by atoms with Gasteiger partial charge in [0.1, 0.15) is 10.9 Å². The van der Waals surface area contributed by atoms with Gasteiger partial charge in [-0.05, 0) is 13.3 Å². The second-order valence-corrected chi connectivity index (χ2v) is 3.51. The highest BCUT2D eigenvalue weighted by Crippen LogP contribution is 2.08. The molecule has 0 aliphatic heterocycles. The summed E-state index contributed by atoms with van der Waals surface area (Å²) in [6.07, 6.45) is 0.0220. The van der Waals surface area contributed by atoms with Gasteiger partial charge < -0.3 is 15.6 Å². The molecule has 0 aromatic rings. The highest BCUT2D eigenvalue weighted by molar-refractivity contribution is 9.10. The van der Waals surface area contributed by atoms with Crippen LogP contribution in [0.3, 0.4) is 0 Å². The van der Waals surface area contributed by atoms with Gasteiger partial charge in [0.25, 0.3) is 0 Å². The van der Waals surface area contributed by atoms with E-state index in [9.17, 15) is 9.59 Å². The Morgan fingerprint density at radius 1 is 1.62 bits per heavy atom. The van der Waals surface area contributed by atoms with E-state index in [1.165, 1.54) is 0 Å². The number of halogens is 1. The fourth-order valence-corrected chi connectivity index (χ4v) is 1.07. The fraction of sp³-hybridized carbons (Fsp3) is 0.714. The number of carbonyl (C=O) groups excluding carboxylic acids is 1. The van der Waals surface area contributed by atoms with Crippen LogP contribution in [-0.2, 0) is 14.3 Å². The lowest BCUT2D eigenvalue weighted by Gasteiger charge is -2.11. The maximum Gasteiger partial charge on any atom is 0.322 e. The van der Waals surface area contributed by atoms with Gasteiger partial charge in [0.2, 0.25) is 0 Å². The smallest absolute Gasteiger partial charge is 0.322 e. The van der Waals surface area contributed by atoms with E-state index in [1.54, 1.807) is 6.92 Å². The van der Waals surface area contributed by atoms with Crippen LogP contribution in [0.25, 0.3) is 0 Å². The molecule has 1 unspecified atom stereocenters. The molecule has 2 atom stereocenters. The second-order valence-electron chi connectivity index (χ2n) is 2.40. The molecule has 0 spiro atoms. The SMILES string of the molecule is CCOC(=O)[C@@H](N)CC(Br)C(=O)O. The van der Waals surface area contributed by atoms with Gasteiger partial charge in [0.15, 0.2) is 0 Å². The molecule has 0 bridgehead atoms. The number of hydrogen-bond acceptors (Lipinski definition) is 4. The van der Waals surface area contributed by atoms with Gasteiger partial charge in [-0.2, -0.15) is 0 Å². The third kappa shape index (κ3) is 4.84. The molecule has 0 rings (SSSR count). The lowest BCUT2D eigenvalue weighted by atomic mass is 10.2. The molecular formula is C7H12BrNO4. The van der Waals surface area contributed by atoms with Crippen molar-refractivity contribution in [3.63, 3.8) is 0 Å². The third-order valence-corrected chi connectivity index (χ3v) is 2.08. The molecule has 13 heavy (non-hydrogen) atoms. The summed E-state index contributed by atoms with van der Waals surface area (Å²) >= 11 is 2.87. The standard InChI is InChI=1S/C7H12BrNO4/c1-2-13-7(12)5(9)3-4(8)6(10)11/h4-5H,2-3,9H2,1H3,(H,10,11)/t4?,5-/m0/s1. The van der Waals surface area contributed by atoms with Crippen LogP contribution in [0.2, 0.25) is 0 Å². The van der Waals surface area contributed by atoms with E-state index in [1.807, 2.05) is 0 Å². The number of carbonyl (C=O) groups is 2. The summed E-state index contributed by atoms with van der Waals surface area (Å²) in [5, 5.41) is 8.49. The van der Waals surface area contributed by atoms with Crippen LogP contribution in [-0.4, -0.2) is 34.5 Å². The molecule has 0 aromatic heterocycles. The Balaban J connectivity index is 3.92. The van der Waals surface area contributed by atoms with Gasteiger partial charge in [0, 0.05) is 0 Å². The normalized spacial score (nSPS) is 14.7. The third-order valence-electron chi connectivity index (χ3n) is 1.32. The van der Waals surface area contributed by atoms with E-state index in [0.717, 1.165) is 0 Å². The van der Waals surface area contributed by atoms with Crippen molar-refractivity contribution in [3.8, 4) is 0 Å². The Hall–Kier alpha value is -0.620. The predicted octanol–water partition coefficient (Wildman–Crippen LogP) is 0.115. The molecule has 0 saturated carbocycles. The number of aliphatic carboxylic acids is 1. The Morgan fingerprint density at radius 2 is 2.15 bits per heavy atom. The number of nitrogens with two attached hydrogens (primary N) is 1. The lowest BCUT2D eigenvalue weighted by Crippen LogP contribution is -2.36. The summed E-state index contributed by atoms with van der Waals surface area (Å²) in [6, 6.07) is -0.888. The lowest BCUT2D eigenvalue weighted by molar-refractivity contribution is -0.145. The molecule has 0 fully saturated rings. The number of carboxylic acid groups (broad SMARTS) is 1. The van der Waals surface area contributed by atoms with Gasteiger partial charge in [-0.15, -0.1) is 0 Å². The van der Waals surface area contributed by atoms with E-state index >= 15 is 0 Å². The van der Waals surface area contributed by atoms with Crippen LogP contribution in [0.4, 0.5) is 0 Å². The summed E-state index contributed by atoms with van der Waals surface area (Å²) < 4.78 is 4.61. The van der Waals surface area contributed by atoms with Gasteiger partial charge >= 0.3 is 11.9 Å². The van der Waals surface area contributed by atoms with Crippen LogP contribution >= 0.6 is 15.9 Å². The van der Waals surface area contributed by atoms with E-state index in [0.29, 0.717) is 0 Å². The Kier molecular flexibility index (Phi) is 5.65. The average Bonchev–Trinajstić information content (AvgIpc) is 2.04. The zero-order chi connectivity index (χ0) is 10.4. The van der Waals surface area contributed by atoms with Gasteiger partial charge in [-0.25, -0.2) is 0 Å². The molecule has 0 heterocycles. The maximum atomic E-state index is 10.9. The minimum atomic E-state index is -1.04. The van der Waals surface area contributed by atoms with Crippen molar-refractivity contribution in [2.45, 2.75) is 24.2 Å². The van der Waals surface area contributed by atoms with Crippen molar-refractivity contribution in [3.05, 3.63) is 0 Å². The number of alkyl halides is 1. The van der Waals surface area contributed by atoms with Crippen LogP contribution in [0, 0.1) is 0 Å². The Morgan fingerprint density at radius 3 is 2.54 bits per heavy atom. The van der Waals surface area contributed by atoms with Crippen LogP contribution in [0.15, 0.2) is 0 Å². The molecular weight excluding hydrogens is 242 g/mol. The predicted molar refractivity (Wildman–Crippen MR) is 49.6 cm³/mol. The summed E-state index contributed by atoms with van der Waals surface area (Å²) in [6.45, 7) is 1.90. The quantitative estimate of drug-likeness (QED) is 0.537. The molecule has 0 aliphatic rings. The first kappa shape index (κ1) is 12.4. The minimum absolute atomic E-state index is 0.0220. The zero-order valence-corrected chi connectivity index (χ0v) is 8.78. The van der Waals surface area contributed by atoms with Crippen molar-refractivity contribution < 1.29 is 19.4 Å². The van der Waals surface area contributed by atoms with Crippen molar-refractivity contribution in [2.24, 2.45) is 5.73 Å². The van der Waals surface area contributed by atoms with Gasteiger partial charge in [-0.3, -0.25) is 9.59 Å². The number of esters is 1. The second kappa shape index (κ2) is 5.93. The van der Waals surface area contributed by atoms with E-state index in [4.69, 9.17) is 10.8 Å². The van der Waals surface area contributed by atoms with E-state index in [2.05, 4.69) is 20.7 Å². The van der Waals surface area contributed by atoms with Crippen molar-refractivity contribution in [1.82, 2.24) is 0 Å². The largest absolute Gasteiger partial charge is 0.480 e. The number of rotatable bonds is 5. The first-order valence-electron chi connectivity index (χ1n) is 3.78. The molecule has 0 amide bonds. The Bertz CT molecular complexity index is 197. The molecule has 0 aliphatic carbocycles. The summed E-state index contributed by atoms with van der Waals surface area (Å²) in [7, 11) is 0. The molecule has 0 radical (unpaired) electrons. The summed E-state index contributed by atoms with van der Waals surface area (Å²) in [5.41, 5.74) is 5.37. The summed E-state index contributed by atoms with van der Waals surface area (Å²) in [4.78, 5) is 20.5. The van der Waals surface area contributed by atoms with E-state index < -0.39 is 22.8 Å². The maximum absolute atomic E-state index is 10.9. The van der Waals surface area contributed by atoms with E-state index in [-0.39, 0.29) is 13.0 Å². The van der Waals surface area contributed by atoms with Gasteiger partial charge in [-0.1, -0.05) is 15.9 Å².